The van der Waals surface area contributed by atoms with Crippen LogP contribution in [0.25, 0.3) is 0 Å². The molecule has 6 nitrogen and oxygen atoms in total. The SMILES string of the molecule is C[C@]12CCC3c4ccc(NS(=O)(=O)O)cc4CCC3(C=CCCCCC[C@@H](O)C(F)(F)C(F)(F)C(F)(F)F)C1CC[C@@H]2O. The first-order valence-electron chi connectivity index (χ1n) is 14.5. The van der Waals surface area contributed by atoms with Crippen LogP contribution in [-0.2, 0) is 16.7 Å². The molecule has 4 N–H and O–H groups in total. The highest BCUT2D eigenvalue weighted by atomic mass is 32.2. The third-order valence-electron chi connectivity index (χ3n) is 10.1. The van der Waals surface area contributed by atoms with Gasteiger partial charge in [0.1, 0.15) is 6.10 Å². The number of aliphatic hydroxyl groups is 2. The summed E-state index contributed by atoms with van der Waals surface area (Å²) in [5.41, 5.74) is 1.70. The van der Waals surface area contributed by atoms with Crippen molar-refractivity contribution in [3.05, 3.63) is 41.5 Å². The first-order chi connectivity index (χ1) is 19.8. The molecule has 3 unspecified atom stereocenters. The number of unbranched alkanes of at least 4 members (excludes halogenated alkanes) is 3. The maximum absolute atomic E-state index is 13.7. The summed E-state index contributed by atoms with van der Waals surface area (Å²) in [6.07, 6.45) is -1.35. The van der Waals surface area contributed by atoms with Crippen LogP contribution in [0, 0.1) is 16.7 Å². The molecule has 0 amide bonds. The van der Waals surface area contributed by atoms with E-state index < -0.39 is 47.0 Å². The maximum Gasteiger partial charge on any atom is 0.459 e. The summed E-state index contributed by atoms with van der Waals surface area (Å²) in [7, 11) is -4.43. The number of anilines is 1. The van der Waals surface area contributed by atoms with E-state index in [1.54, 1.807) is 12.1 Å². The lowest BCUT2D eigenvalue weighted by atomic mass is 9.47. The molecule has 0 aromatic heterocycles. The number of aryl methyl sites for hydroxylation is 1. The first kappa shape index (κ1) is 34.0. The van der Waals surface area contributed by atoms with Crippen LogP contribution in [0.1, 0.15) is 88.2 Å². The molecule has 3 aliphatic carbocycles. The molecule has 4 rings (SSSR count). The molecule has 0 heterocycles. The zero-order valence-corrected chi connectivity index (χ0v) is 24.5. The number of hydrogen-bond donors (Lipinski definition) is 4. The van der Waals surface area contributed by atoms with Gasteiger partial charge in [-0.2, -0.15) is 39.2 Å². The van der Waals surface area contributed by atoms with Gasteiger partial charge in [0.2, 0.25) is 0 Å². The molecule has 0 radical (unpaired) electrons. The number of rotatable bonds is 11. The van der Waals surface area contributed by atoms with Crippen LogP contribution in [0.2, 0.25) is 0 Å². The van der Waals surface area contributed by atoms with Crippen molar-refractivity contribution in [2.24, 2.45) is 16.7 Å². The predicted octanol–water partition coefficient (Wildman–Crippen LogP) is 7.19. The Kier molecular flexibility index (Phi) is 9.32. The van der Waals surface area contributed by atoms with Gasteiger partial charge in [0, 0.05) is 0 Å². The lowest BCUT2D eigenvalue weighted by Gasteiger charge is -2.57. The average Bonchev–Trinajstić information content (AvgIpc) is 3.20. The molecule has 2 fully saturated rings. The van der Waals surface area contributed by atoms with Gasteiger partial charge in [-0.3, -0.25) is 9.27 Å². The number of alkyl halides is 7. The topological polar surface area (TPSA) is 107 Å². The molecular weight excluding hydrogens is 607 g/mol. The van der Waals surface area contributed by atoms with Crippen LogP contribution in [0.4, 0.5) is 36.4 Å². The molecule has 1 aromatic rings. The normalized spacial score (nSPS) is 30.5. The molecule has 14 heteroatoms. The third-order valence-corrected chi connectivity index (χ3v) is 10.6. The molecule has 0 saturated heterocycles. The minimum Gasteiger partial charge on any atom is -0.393 e. The zero-order valence-electron chi connectivity index (χ0n) is 23.7. The van der Waals surface area contributed by atoms with Gasteiger partial charge in [-0.25, -0.2) is 0 Å². The molecule has 6 atom stereocenters. The quantitative estimate of drug-likeness (QED) is 0.0883. The Bertz CT molecular complexity index is 1300. The van der Waals surface area contributed by atoms with E-state index in [1.165, 1.54) is 0 Å². The predicted molar refractivity (Wildman–Crippen MR) is 145 cm³/mol. The van der Waals surface area contributed by atoms with Crippen LogP contribution < -0.4 is 4.72 Å². The Balaban J connectivity index is 1.44. The van der Waals surface area contributed by atoms with Gasteiger partial charge in [0.25, 0.3) is 0 Å². The van der Waals surface area contributed by atoms with Crippen molar-refractivity contribution in [1.82, 2.24) is 0 Å². The van der Waals surface area contributed by atoms with Gasteiger partial charge in [0.15, 0.2) is 0 Å². The van der Waals surface area contributed by atoms with Gasteiger partial charge in [-0.15, -0.1) is 0 Å². The summed E-state index contributed by atoms with van der Waals surface area (Å²) in [6.45, 7) is 2.11. The highest BCUT2D eigenvalue weighted by molar-refractivity contribution is 7.87. The first-order valence-corrected chi connectivity index (χ1v) is 15.9. The number of benzene rings is 1. The Morgan fingerprint density at radius 1 is 1.05 bits per heavy atom. The maximum atomic E-state index is 13.7. The summed E-state index contributed by atoms with van der Waals surface area (Å²) in [6, 6.07) is 5.19. The number of allylic oxidation sites excluding steroid dienone is 2. The fourth-order valence-electron chi connectivity index (χ4n) is 7.90. The second-order valence-corrected chi connectivity index (χ2v) is 13.8. The highest BCUT2D eigenvalue weighted by Gasteiger charge is 2.75. The lowest BCUT2D eigenvalue weighted by Crippen LogP contribution is -2.57. The zero-order chi connectivity index (χ0) is 32.1. The van der Waals surface area contributed by atoms with Crippen molar-refractivity contribution in [3.63, 3.8) is 0 Å². The van der Waals surface area contributed by atoms with Crippen LogP contribution in [0.3, 0.4) is 0 Å². The number of hydrogen-bond acceptors (Lipinski definition) is 4. The van der Waals surface area contributed by atoms with E-state index in [4.69, 9.17) is 4.55 Å². The molecule has 0 bridgehead atoms. The van der Waals surface area contributed by atoms with E-state index >= 15 is 0 Å². The molecule has 43 heavy (non-hydrogen) atoms. The Hall–Kier alpha value is -1.90. The minimum atomic E-state index is -6.48. The number of fused-ring (bicyclic) bond motifs is 5. The third kappa shape index (κ3) is 6.30. The number of nitrogens with one attached hydrogen (secondary N) is 1. The van der Waals surface area contributed by atoms with E-state index in [-0.39, 0.29) is 41.2 Å². The van der Waals surface area contributed by atoms with Crippen LogP contribution in [0.5, 0.6) is 0 Å². The molecular formula is C29H38F7NO5S. The van der Waals surface area contributed by atoms with Gasteiger partial charge in [0.05, 0.1) is 11.8 Å². The van der Waals surface area contributed by atoms with Crippen molar-refractivity contribution in [2.75, 3.05) is 4.72 Å². The Morgan fingerprint density at radius 2 is 1.74 bits per heavy atom. The van der Waals surface area contributed by atoms with Crippen LogP contribution in [0.15, 0.2) is 30.4 Å². The minimum absolute atomic E-state index is 0.0864. The average molecular weight is 646 g/mol. The van der Waals surface area contributed by atoms with E-state index in [9.17, 15) is 49.4 Å². The number of halogens is 7. The fourth-order valence-corrected chi connectivity index (χ4v) is 8.33. The van der Waals surface area contributed by atoms with Gasteiger partial charge < -0.3 is 10.2 Å². The van der Waals surface area contributed by atoms with E-state index in [0.717, 1.165) is 36.8 Å². The highest BCUT2D eigenvalue weighted by Crippen LogP contribution is 2.67. The molecule has 0 spiro atoms. The van der Waals surface area contributed by atoms with E-state index in [2.05, 4.69) is 17.7 Å². The van der Waals surface area contributed by atoms with Crippen LogP contribution >= 0.6 is 0 Å². The fraction of sp³-hybridized carbons (Fsp3) is 0.724. The Morgan fingerprint density at radius 3 is 2.40 bits per heavy atom. The van der Waals surface area contributed by atoms with Gasteiger partial charge in [-0.1, -0.05) is 38.0 Å². The van der Waals surface area contributed by atoms with E-state index in [1.807, 2.05) is 12.1 Å². The van der Waals surface area contributed by atoms with Crippen molar-refractivity contribution in [3.8, 4) is 0 Å². The van der Waals surface area contributed by atoms with Crippen molar-refractivity contribution < 1.29 is 53.9 Å². The van der Waals surface area contributed by atoms with Crippen molar-refractivity contribution in [2.45, 2.75) is 114 Å². The lowest BCUT2D eigenvalue weighted by molar-refractivity contribution is -0.371. The largest absolute Gasteiger partial charge is 0.459 e. The molecule has 0 aliphatic heterocycles. The second kappa shape index (κ2) is 11.8. The molecule has 1 aromatic carbocycles. The smallest absolute Gasteiger partial charge is 0.393 e. The van der Waals surface area contributed by atoms with Crippen LogP contribution in [-0.4, -0.2) is 53.4 Å². The monoisotopic (exact) mass is 645 g/mol. The van der Waals surface area contributed by atoms with Gasteiger partial charge >= 0.3 is 28.3 Å². The van der Waals surface area contributed by atoms with Gasteiger partial charge in [-0.05, 0) is 104 Å². The summed E-state index contributed by atoms with van der Waals surface area (Å²) in [5.74, 6) is -11.7. The van der Waals surface area contributed by atoms with Crippen molar-refractivity contribution in [1.29, 1.82) is 0 Å². The molecule has 3 aliphatic rings. The number of aliphatic hydroxyl groups excluding tert-OH is 2. The summed E-state index contributed by atoms with van der Waals surface area (Å²) < 4.78 is 125. The molecule has 2 saturated carbocycles. The Labute approximate surface area is 246 Å². The molecule has 244 valence electrons. The summed E-state index contributed by atoms with van der Waals surface area (Å²) in [4.78, 5) is 0. The summed E-state index contributed by atoms with van der Waals surface area (Å²) in [5, 5.41) is 20.3. The second-order valence-electron chi connectivity index (χ2n) is 12.6. The standard InChI is InChI=1S/C29H38F7NO5S/c1-25-15-13-21-20-9-8-19(37-43(40,41)42)17-18(20)12-16-26(21,22(25)10-11-23(25)38)14-6-4-2-3-5-7-24(39)27(30,31)28(32,33)29(34,35)36/h6,8-9,14,17,21-24,37-39H,2-5,7,10-13,15-16H2,1H3,(H,40,41,42)/t21?,22?,23-,24+,25-,26?/m0/s1. The van der Waals surface area contributed by atoms with Crippen molar-refractivity contribution >= 4 is 16.0 Å². The van der Waals surface area contributed by atoms with E-state index in [0.29, 0.717) is 25.7 Å². The summed E-state index contributed by atoms with van der Waals surface area (Å²) >= 11 is 0.